The van der Waals surface area contributed by atoms with E-state index in [0.29, 0.717) is 6.04 Å². The van der Waals surface area contributed by atoms with Crippen LogP contribution in [-0.2, 0) is 11.3 Å². The first-order valence-electron chi connectivity index (χ1n) is 6.68. The van der Waals surface area contributed by atoms with Gasteiger partial charge in [0.05, 0.1) is 6.61 Å². The molecule has 0 aromatic heterocycles. The molecule has 0 amide bonds. The second kappa shape index (κ2) is 6.87. The fraction of sp³-hybridized carbons (Fsp3) is 0.600. The molecule has 2 rings (SSSR count). The molecule has 0 radical (unpaired) electrons. The third-order valence-electron chi connectivity index (χ3n) is 3.76. The van der Waals surface area contributed by atoms with Crippen molar-refractivity contribution in [3.05, 3.63) is 33.4 Å². The fourth-order valence-corrected chi connectivity index (χ4v) is 2.70. The van der Waals surface area contributed by atoms with E-state index in [9.17, 15) is 0 Å². The number of ether oxygens (including phenoxy) is 1. The van der Waals surface area contributed by atoms with E-state index in [0.717, 1.165) is 25.6 Å². The van der Waals surface area contributed by atoms with Gasteiger partial charge in [-0.15, -0.1) is 0 Å². The topological polar surface area (TPSA) is 12.5 Å². The van der Waals surface area contributed by atoms with Crippen LogP contribution < -0.4 is 0 Å². The second-order valence-electron chi connectivity index (χ2n) is 5.17. The van der Waals surface area contributed by atoms with Crippen molar-refractivity contribution in [1.82, 2.24) is 4.90 Å². The van der Waals surface area contributed by atoms with Crippen molar-refractivity contribution in [1.29, 1.82) is 0 Å². The maximum atomic E-state index is 5.24. The summed E-state index contributed by atoms with van der Waals surface area (Å²) in [5, 5.41) is 0. The molecule has 0 aliphatic heterocycles. The first kappa shape index (κ1) is 14.3. The van der Waals surface area contributed by atoms with E-state index in [1.54, 1.807) is 7.11 Å². The molecule has 18 heavy (non-hydrogen) atoms. The Morgan fingerprint density at radius 1 is 1.33 bits per heavy atom. The van der Waals surface area contributed by atoms with Gasteiger partial charge < -0.3 is 4.74 Å². The number of rotatable bonds is 7. The van der Waals surface area contributed by atoms with Gasteiger partial charge in [-0.05, 0) is 66.0 Å². The third-order valence-corrected chi connectivity index (χ3v) is 4.48. The molecule has 1 aromatic rings. The second-order valence-corrected chi connectivity index (χ2v) is 6.41. The zero-order valence-electron chi connectivity index (χ0n) is 11.2. The van der Waals surface area contributed by atoms with Crippen molar-refractivity contribution in [2.24, 2.45) is 5.92 Å². The minimum absolute atomic E-state index is 0.680. The Kier molecular flexibility index (Phi) is 5.45. The van der Waals surface area contributed by atoms with Gasteiger partial charge in [-0.3, -0.25) is 4.90 Å². The van der Waals surface area contributed by atoms with E-state index in [-0.39, 0.29) is 0 Å². The first-order chi connectivity index (χ1) is 8.70. The number of halogens is 1. The van der Waals surface area contributed by atoms with Crippen molar-refractivity contribution in [3.63, 3.8) is 0 Å². The molecule has 1 unspecified atom stereocenters. The maximum Gasteiger partial charge on any atom is 0.0589 e. The van der Waals surface area contributed by atoms with Crippen molar-refractivity contribution in [2.75, 3.05) is 20.3 Å². The Hall–Kier alpha value is -0.130. The molecule has 3 heteroatoms. The summed E-state index contributed by atoms with van der Waals surface area (Å²) in [5.74, 6) is 0.908. The van der Waals surface area contributed by atoms with Crippen LogP contribution >= 0.6 is 22.6 Å². The standard InChI is InChI=1S/C15H22INO/c1-12(14-5-6-14)17(9-10-18-2)11-13-3-7-15(16)8-4-13/h3-4,7-8,12,14H,5-6,9-11H2,1-2H3. The van der Waals surface area contributed by atoms with Gasteiger partial charge in [0.15, 0.2) is 0 Å². The Labute approximate surface area is 124 Å². The number of hydrogen-bond acceptors (Lipinski definition) is 2. The van der Waals surface area contributed by atoms with Gasteiger partial charge in [0, 0.05) is 29.8 Å². The van der Waals surface area contributed by atoms with Crippen LogP contribution in [0.5, 0.6) is 0 Å². The molecular weight excluding hydrogens is 337 g/mol. The minimum Gasteiger partial charge on any atom is -0.383 e. The van der Waals surface area contributed by atoms with Crippen LogP contribution in [0.2, 0.25) is 0 Å². The van der Waals surface area contributed by atoms with Crippen molar-refractivity contribution >= 4 is 22.6 Å². The van der Waals surface area contributed by atoms with Gasteiger partial charge in [0.1, 0.15) is 0 Å². The molecule has 0 saturated heterocycles. The number of benzene rings is 1. The summed E-state index contributed by atoms with van der Waals surface area (Å²) in [6, 6.07) is 9.53. The van der Waals surface area contributed by atoms with Crippen LogP contribution in [-0.4, -0.2) is 31.2 Å². The lowest BCUT2D eigenvalue weighted by atomic mass is 10.1. The van der Waals surface area contributed by atoms with Crippen LogP contribution in [0.15, 0.2) is 24.3 Å². The average Bonchev–Trinajstić information content (AvgIpc) is 3.20. The minimum atomic E-state index is 0.680. The average molecular weight is 359 g/mol. The van der Waals surface area contributed by atoms with E-state index in [1.807, 2.05) is 0 Å². The van der Waals surface area contributed by atoms with Gasteiger partial charge in [-0.1, -0.05) is 12.1 Å². The molecule has 1 aliphatic carbocycles. The normalized spacial score (nSPS) is 17.1. The predicted molar refractivity (Wildman–Crippen MR) is 83.6 cm³/mol. The van der Waals surface area contributed by atoms with Crippen LogP contribution in [0, 0.1) is 9.49 Å². The highest BCUT2D eigenvalue weighted by atomic mass is 127. The lowest BCUT2D eigenvalue weighted by Gasteiger charge is -2.29. The first-order valence-corrected chi connectivity index (χ1v) is 7.76. The summed E-state index contributed by atoms with van der Waals surface area (Å²) in [7, 11) is 1.78. The van der Waals surface area contributed by atoms with Gasteiger partial charge in [-0.25, -0.2) is 0 Å². The highest BCUT2D eigenvalue weighted by molar-refractivity contribution is 14.1. The zero-order chi connectivity index (χ0) is 13.0. The molecule has 0 bridgehead atoms. The Morgan fingerprint density at radius 2 is 2.00 bits per heavy atom. The summed E-state index contributed by atoms with van der Waals surface area (Å²) in [6.07, 6.45) is 2.80. The molecule has 1 aliphatic rings. The van der Waals surface area contributed by atoms with E-state index in [4.69, 9.17) is 4.74 Å². The number of nitrogens with zero attached hydrogens (tertiary/aromatic N) is 1. The van der Waals surface area contributed by atoms with Gasteiger partial charge in [-0.2, -0.15) is 0 Å². The molecular formula is C15H22INO. The zero-order valence-corrected chi connectivity index (χ0v) is 13.4. The monoisotopic (exact) mass is 359 g/mol. The molecule has 1 saturated carbocycles. The van der Waals surface area contributed by atoms with Crippen LogP contribution in [0.3, 0.4) is 0 Å². The molecule has 1 fully saturated rings. The lowest BCUT2D eigenvalue weighted by Crippen LogP contribution is -2.36. The summed E-state index contributed by atoms with van der Waals surface area (Å²) < 4.78 is 6.54. The van der Waals surface area contributed by atoms with Gasteiger partial charge >= 0.3 is 0 Å². The lowest BCUT2D eigenvalue weighted by molar-refractivity contribution is 0.111. The number of methoxy groups -OCH3 is 1. The van der Waals surface area contributed by atoms with E-state index < -0.39 is 0 Å². The van der Waals surface area contributed by atoms with Gasteiger partial charge in [0.2, 0.25) is 0 Å². The predicted octanol–water partition coefficient (Wildman–Crippen LogP) is 3.54. The molecule has 100 valence electrons. The Morgan fingerprint density at radius 3 is 2.56 bits per heavy atom. The van der Waals surface area contributed by atoms with Crippen LogP contribution in [0.1, 0.15) is 25.3 Å². The quantitative estimate of drug-likeness (QED) is 0.691. The van der Waals surface area contributed by atoms with Crippen molar-refractivity contribution < 1.29 is 4.74 Å². The van der Waals surface area contributed by atoms with E-state index >= 15 is 0 Å². The smallest absolute Gasteiger partial charge is 0.0589 e. The number of hydrogen-bond donors (Lipinski definition) is 0. The summed E-state index contributed by atoms with van der Waals surface area (Å²) in [6.45, 7) is 5.25. The van der Waals surface area contributed by atoms with E-state index in [2.05, 4.69) is 58.7 Å². The summed E-state index contributed by atoms with van der Waals surface area (Å²) in [5.41, 5.74) is 1.40. The van der Waals surface area contributed by atoms with E-state index in [1.165, 1.54) is 22.0 Å². The molecule has 0 spiro atoms. The molecule has 0 heterocycles. The summed E-state index contributed by atoms with van der Waals surface area (Å²) >= 11 is 2.35. The van der Waals surface area contributed by atoms with Crippen LogP contribution in [0.4, 0.5) is 0 Å². The maximum absolute atomic E-state index is 5.24. The van der Waals surface area contributed by atoms with Gasteiger partial charge in [0.25, 0.3) is 0 Å². The third kappa shape index (κ3) is 4.21. The largest absolute Gasteiger partial charge is 0.383 e. The molecule has 2 nitrogen and oxygen atoms in total. The molecule has 1 atom stereocenters. The highest BCUT2D eigenvalue weighted by Gasteiger charge is 2.31. The van der Waals surface area contributed by atoms with Crippen LogP contribution in [0.25, 0.3) is 0 Å². The molecule has 1 aromatic carbocycles. The summed E-state index contributed by atoms with van der Waals surface area (Å²) in [4.78, 5) is 2.56. The highest BCUT2D eigenvalue weighted by Crippen LogP contribution is 2.35. The molecule has 0 N–H and O–H groups in total. The Bertz CT molecular complexity index is 361. The Balaban J connectivity index is 1.96. The van der Waals surface area contributed by atoms with Crippen molar-refractivity contribution in [2.45, 2.75) is 32.4 Å². The van der Waals surface area contributed by atoms with Crippen molar-refractivity contribution in [3.8, 4) is 0 Å². The SMILES string of the molecule is COCCN(Cc1ccc(I)cc1)C(C)C1CC1. The fourth-order valence-electron chi connectivity index (χ4n) is 2.34.